The number of hydrogen-bond acceptors (Lipinski definition) is 3. The molecule has 0 spiro atoms. The van der Waals surface area contributed by atoms with Gasteiger partial charge in [0.15, 0.2) is 5.78 Å². The van der Waals surface area contributed by atoms with Crippen LogP contribution < -0.4 is 0 Å². The largest absolute Gasteiger partial charge is 0.292 e. The third-order valence-corrected chi connectivity index (χ3v) is 1.92. The summed E-state index contributed by atoms with van der Waals surface area (Å²) in [5.41, 5.74) is 0.365. The maximum absolute atomic E-state index is 11.0. The van der Waals surface area contributed by atoms with Crippen molar-refractivity contribution in [2.24, 2.45) is 0 Å². The van der Waals surface area contributed by atoms with Crippen molar-refractivity contribution in [1.82, 2.24) is 9.97 Å². The standard InChI is InChI=1S/C6H4ClIN2O/c7-6-3-9-4(2-10-6)5(11)1-8/h2-3H,1H2. The number of carbonyl (C=O) groups excluding carboxylic acids is 1. The van der Waals surface area contributed by atoms with E-state index < -0.39 is 0 Å². The molecule has 0 unspecified atom stereocenters. The second-order valence-electron chi connectivity index (χ2n) is 1.78. The van der Waals surface area contributed by atoms with Crippen LogP contribution in [0.3, 0.4) is 0 Å². The number of hydrogen-bond donors (Lipinski definition) is 0. The molecule has 1 heterocycles. The van der Waals surface area contributed by atoms with Gasteiger partial charge in [-0.3, -0.25) is 4.79 Å². The fraction of sp³-hybridized carbons (Fsp3) is 0.167. The Bertz CT molecular complexity index is 262. The molecule has 0 N–H and O–H groups in total. The van der Waals surface area contributed by atoms with Gasteiger partial charge in [-0.15, -0.1) is 0 Å². The van der Waals surface area contributed by atoms with Crippen molar-refractivity contribution in [2.75, 3.05) is 4.43 Å². The molecule has 3 nitrogen and oxygen atoms in total. The summed E-state index contributed by atoms with van der Waals surface area (Å²) in [6, 6.07) is 0. The number of nitrogens with zero attached hydrogens (tertiary/aromatic N) is 2. The van der Waals surface area contributed by atoms with Gasteiger partial charge in [0.05, 0.1) is 16.8 Å². The van der Waals surface area contributed by atoms with E-state index in [2.05, 4.69) is 9.97 Å². The lowest BCUT2D eigenvalue weighted by Crippen LogP contribution is -2.03. The van der Waals surface area contributed by atoms with Crippen LogP contribution >= 0.6 is 34.2 Å². The maximum Gasteiger partial charge on any atom is 0.192 e. The van der Waals surface area contributed by atoms with Crippen molar-refractivity contribution in [3.63, 3.8) is 0 Å². The summed E-state index contributed by atoms with van der Waals surface area (Å²) in [7, 11) is 0. The molecule has 0 aliphatic carbocycles. The number of halogens is 2. The van der Waals surface area contributed by atoms with Crippen LogP contribution in [0, 0.1) is 0 Å². The van der Waals surface area contributed by atoms with Gasteiger partial charge in [0, 0.05) is 0 Å². The van der Waals surface area contributed by atoms with Gasteiger partial charge < -0.3 is 0 Å². The number of carbonyl (C=O) groups is 1. The lowest BCUT2D eigenvalue weighted by molar-refractivity contribution is 0.102. The van der Waals surface area contributed by atoms with E-state index in [1.807, 2.05) is 22.6 Å². The van der Waals surface area contributed by atoms with E-state index in [1.54, 1.807) is 0 Å². The van der Waals surface area contributed by atoms with Crippen molar-refractivity contribution in [3.8, 4) is 0 Å². The van der Waals surface area contributed by atoms with E-state index in [0.717, 1.165) is 0 Å². The van der Waals surface area contributed by atoms with Gasteiger partial charge in [-0.1, -0.05) is 34.2 Å². The molecule has 0 aromatic carbocycles. The van der Waals surface area contributed by atoms with Crippen molar-refractivity contribution < 1.29 is 4.79 Å². The SMILES string of the molecule is O=C(CI)c1cnc(Cl)cn1. The summed E-state index contributed by atoms with van der Waals surface area (Å²) in [5, 5.41) is 0.301. The fourth-order valence-corrected chi connectivity index (χ4v) is 1.01. The minimum atomic E-state index is -0.0326. The van der Waals surface area contributed by atoms with Crippen LogP contribution in [0.2, 0.25) is 5.15 Å². The maximum atomic E-state index is 11.0. The summed E-state index contributed by atoms with van der Waals surface area (Å²) in [6.45, 7) is 0. The second kappa shape index (κ2) is 3.96. The molecule has 0 aliphatic rings. The van der Waals surface area contributed by atoms with Crippen LogP contribution in [0.25, 0.3) is 0 Å². The highest BCUT2D eigenvalue weighted by Crippen LogP contribution is 2.02. The normalized spacial score (nSPS) is 9.64. The molecule has 0 saturated carbocycles. The number of alkyl halides is 1. The fourth-order valence-electron chi connectivity index (χ4n) is 0.525. The molecule has 0 bridgehead atoms. The third-order valence-electron chi connectivity index (χ3n) is 1.03. The smallest absolute Gasteiger partial charge is 0.192 e. The van der Waals surface area contributed by atoms with Gasteiger partial charge in [0.1, 0.15) is 10.8 Å². The predicted octanol–water partition coefficient (Wildman–Crippen LogP) is 1.75. The Morgan fingerprint density at radius 1 is 1.55 bits per heavy atom. The summed E-state index contributed by atoms with van der Waals surface area (Å²) >= 11 is 7.45. The first kappa shape index (κ1) is 8.86. The van der Waals surface area contributed by atoms with Crippen molar-refractivity contribution in [2.45, 2.75) is 0 Å². The number of ketones is 1. The zero-order chi connectivity index (χ0) is 8.27. The van der Waals surface area contributed by atoms with E-state index in [1.165, 1.54) is 12.4 Å². The zero-order valence-electron chi connectivity index (χ0n) is 5.42. The Kier molecular flexibility index (Phi) is 3.19. The molecule has 0 fully saturated rings. The number of rotatable bonds is 2. The Morgan fingerprint density at radius 3 is 2.73 bits per heavy atom. The molecule has 5 heteroatoms. The Labute approximate surface area is 82.3 Å². The highest BCUT2D eigenvalue weighted by Gasteiger charge is 2.04. The highest BCUT2D eigenvalue weighted by atomic mass is 127. The molecule has 1 rings (SSSR count). The monoisotopic (exact) mass is 282 g/mol. The summed E-state index contributed by atoms with van der Waals surface area (Å²) in [5.74, 6) is -0.0326. The van der Waals surface area contributed by atoms with Crippen LogP contribution in [0.5, 0.6) is 0 Å². The molecule has 58 valence electrons. The van der Waals surface area contributed by atoms with Crippen molar-refractivity contribution >= 4 is 40.0 Å². The van der Waals surface area contributed by atoms with Crippen LogP contribution in [0.15, 0.2) is 12.4 Å². The quantitative estimate of drug-likeness (QED) is 0.471. The lowest BCUT2D eigenvalue weighted by atomic mass is 10.3. The molecule has 11 heavy (non-hydrogen) atoms. The van der Waals surface area contributed by atoms with Gasteiger partial charge in [-0.05, 0) is 0 Å². The molecule has 0 aliphatic heterocycles. The summed E-state index contributed by atoms with van der Waals surface area (Å²) < 4.78 is 0.411. The van der Waals surface area contributed by atoms with E-state index in [4.69, 9.17) is 11.6 Å². The summed E-state index contributed by atoms with van der Waals surface area (Å²) in [4.78, 5) is 18.5. The third kappa shape index (κ3) is 2.37. The molecule has 0 atom stereocenters. The highest BCUT2D eigenvalue weighted by molar-refractivity contribution is 14.1. The first-order valence-electron chi connectivity index (χ1n) is 2.80. The molecule has 0 saturated heterocycles. The Balaban J connectivity index is 2.90. The van der Waals surface area contributed by atoms with E-state index in [9.17, 15) is 4.79 Å². The topological polar surface area (TPSA) is 42.9 Å². The minimum Gasteiger partial charge on any atom is -0.292 e. The van der Waals surface area contributed by atoms with Gasteiger partial charge >= 0.3 is 0 Å². The average molecular weight is 282 g/mol. The van der Waals surface area contributed by atoms with E-state index in [-0.39, 0.29) is 5.78 Å². The average Bonchev–Trinajstić information content (AvgIpc) is 2.05. The van der Waals surface area contributed by atoms with Crippen molar-refractivity contribution in [3.05, 3.63) is 23.2 Å². The zero-order valence-corrected chi connectivity index (χ0v) is 8.33. The predicted molar refractivity (Wildman–Crippen MR) is 50.3 cm³/mol. The van der Waals surface area contributed by atoms with Crippen LogP contribution in [0.4, 0.5) is 0 Å². The molecule has 1 aromatic rings. The van der Waals surface area contributed by atoms with Crippen LogP contribution in [0.1, 0.15) is 10.5 Å². The Hall–Kier alpha value is -0.230. The lowest BCUT2D eigenvalue weighted by Gasteiger charge is -1.93. The number of aromatic nitrogens is 2. The molecule has 0 radical (unpaired) electrons. The van der Waals surface area contributed by atoms with E-state index >= 15 is 0 Å². The van der Waals surface area contributed by atoms with Gasteiger partial charge in [-0.2, -0.15) is 0 Å². The first-order valence-corrected chi connectivity index (χ1v) is 4.71. The molecule has 0 amide bonds. The summed E-state index contributed by atoms with van der Waals surface area (Å²) in [6.07, 6.45) is 2.74. The van der Waals surface area contributed by atoms with Gasteiger partial charge in [-0.25, -0.2) is 9.97 Å². The molecular weight excluding hydrogens is 278 g/mol. The Morgan fingerprint density at radius 2 is 2.27 bits per heavy atom. The molecular formula is C6H4ClIN2O. The van der Waals surface area contributed by atoms with Crippen LogP contribution in [-0.2, 0) is 0 Å². The van der Waals surface area contributed by atoms with Gasteiger partial charge in [0.25, 0.3) is 0 Å². The first-order chi connectivity index (χ1) is 5.24. The van der Waals surface area contributed by atoms with E-state index in [0.29, 0.717) is 15.3 Å². The molecule has 1 aromatic heterocycles. The van der Waals surface area contributed by atoms with Crippen molar-refractivity contribution in [1.29, 1.82) is 0 Å². The second-order valence-corrected chi connectivity index (χ2v) is 2.93. The van der Waals surface area contributed by atoms with Gasteiger partial charge in [0.2, 0.25) is 0 Å². The minimum absolute atomic E-state index is 0.0326. The number of Topliss-reactive ketones (excluding diaryl/α,β-unsaturated/α-hetero) is 1. The van der Waals surface area contributed by atoms with Crippen LogP contribution in [-0.4, -0.2) is 20.2 Å².